The number of nitrogens with two attached hydrogens (primary N) is 1. The first kappa shape index (κ1) is 29.3. The number of thiol groups is 1. The van der Waals surface area contributed by atoms with E-state index in [2.05, 4.69) is 28.6 Å². The second-order valence-corrected chi connectivity index (χ2v) is 8.65. The van der Waals surface area contributed by atoms with Crippen molar-refractivity contribution < 1.29 is 34.2 Å². The number of aliphatic carboxylic acids is 2. The number of nitrogens with one attached hydrogen (secondary N) is 3. The third-order valence-electron chi connectivity index (χ3n) is 5.36. The minimum atomic E-state index is -1.60. The van der Waals surface area contributed by atoms with E-state index in [0.717, 1.165) is 5.56 Å². The van der Waals surface area contributed by atoms with Gasteiger partial charge in [0.15, 0.2) is 0 Å². The smallest absolute Gasteiger partial charge is 0.327 e. The maximum absolute atomic E-state index is 13.2. The van der Waals surface area contributed by atoms with E-state index < -0.39 is 60.2 Å². The average Bonchev–Trinajstić information content (AvgIpc) is 2.86. The molecular formula is C25H30N4O7S. The van der Waals surface area contributed by atoms with Crippen LogP contribution in [0.3, 0.4) is 0 Å². The van der Waals surface area contributed by atoms with Crippen LogP contribution < -0.4 is 21.7 Å². The Bertz CT molecular complexity index is 1080. The third-order valence-corrected chi connectivity index (χ3v) is 5.72. The van der Waals surface area contributed by atoms with Gasteiger partial charge in [0.25, 0.3) is 0 Å². The normalized spacial score (nSPS) is 13.9. The molecule has 0 radical (unpaired) electrons. The highest BCUT2D eigenvalue weighted by atomic mass is 32.1. The topological polar surface area (TPSA) is 188 Å². The lowest BCUT2D eigenvalue weighted by Gasteiger charge is -2.24. The van der Waals surface area contributed by atoms with Crippen LogP contribution in [0.25, 0.3) is 0 Å². The van der Waals surface area contributed by atoms with E-state index in [-0.39, 0.29) is 18.6 Å². The summed E-state index contributed by atoms with van der Waals surface area (Å²) in [6.45, 7) is 0. The number of carboxylic acid groups (broad SMARTS) is 2. The summed E-state index contributed by atoms with van der Waals surface area (Å²) in [5.41, 5.74) is 7.57. The summed E-state index contributed by atoms with van der Waals surface area (Å²) in [4.78, 5) is 61.2. The molecule has 4 atom stereocenters. The molecule has 0 aliphatic rings. The average molecular weight is 531 g/mol. The monoisotopic (exact) mass is 530 g/mol. The van der Waals surface area contributed by atoms with E-state index in [1.807, 2.05) is 30.3 Å². The number of hydrogen-bond acceptors (Lipinski definition) is 7. The minimum Gasteiger partial charge on any atom is -0.481 e. The van der Waals surface area contributed by atoms with Gasteiger partial charge in [0.2, 0.25) is 17.7 Å². The van der Waals surface area contributed by atoms with Gasteiger partial charge in [-0.2, -0.15) is 12.6 Å². The van der Waals surface area contributed by atoms with Gasteiger partial charge >= 0.3 is 11.9 Å². The Kier molecular flexibility index (Phi) is 11.6. The Morgan fingerprint density at radius 1 is 0.703 bits per heavy atom. The van der Waals surface area contributed by atoms with E-state index in [4.69, 9.17) is 10.8 Å². The van der Waals surface area contributed by atoms with Crippen molar-refractivity contribution in [3.05, 3.63) is 71.8 Å². The lowest BCUT2D eigenvalue weighted by Crippen LogP contribution is -2.58. The van der Waals surface area contributed by atoms with E-state index in [0.29, 0.717) is 5.56 Å². The Labute approximate surface area is 219 Å². The van der Waals surface area contributed by atoms with Crippen LogP contribution in [-0.2, 0) is 36.8 Å². The van der Waals surface area contributed by atoms with Crippen molar-refractivity contribution in [1.29, 1.82) is 0 Å². The van der Waals surface area contributed by atoms with Crippen molar-refractivity contribution in [1.82, 2.24) is 16.0 Å². The zero-order valence-electron chi connectivity index (χ0n) is 19.9. The summed E-state index contributed by atoms with van der Waals surface area (Å²) in [5.74, 6) is -5.47. The summed E-state index contributed by atoms with van der Waals surface area (Å²) in [6, 6.07) is 12.7. The van der Waals surface area contributed by atoms with Crippen LogP contribution in [0.2, 0.25) is 0 Å². The zero-order valence-corrected chi connectivity index (χ0v) is 20.8. The van der Waals surface area contributed by atoms with Gasteiger partial charge in [0.1, 0.15) is 18.1 Å². The number of benzene rings is 2. The highest BCUT2D eigenvalue weighted by Gasteiger charge is 2.31. The molecule has 0 aliphatic heterocycles. The first-order valence-electron chi connectivity index (χ1n) is 11.4. The largest absolute Gasteiger partial charge is 0.481 e. The molecule has 0 saturated carbocycles. The SMILES string of the molecule is NC(Cc1ccccc1)C(=O)NC(Cc1ccccc1)C(=O)NC(CC(=O)O)C(=O)NC(CS)C(=O)O. The number of carboxylic acids is 2. The summed E-state index contributed by atoms with van der Waals surface area (Å²) < 4.78 is 0. The van der Waals surface area contributed by atoms with Crippen LogP contribution in [0.1, 0.15) is 17.5 Å². The predicted octanol–water partition coefficient (Wildman–Crippen LogP) is -0.257. The molecule has 0 spiro atoms. The lowest BCUT2D eigenvalue weighted by molar-refractivity contribution is -0.143. The summed E-state index contributed by atoms with van der Waals surface area (Å²) in [5, 5.41) is 25.4. The van der Waals surface area contributed by atoms with E-state index in [1.54, 1.807) is 30.3 Å². The number of hydrogen-bond donors (Lipinski definition) is 7. The number of carbonyl (C=O) groups is 5. The second-order valence-electron chi connectivity index (χ2n) is 8.29. The standard InChI is InChI=1S/C25H30N4O7S/c26-17(11-15-7-3-1-4-8-15)22(32)27-18(12-16-9-5-2-6-10-16)23(33)28-19(13-21(30)31)24(34)29-20(14-37)25(35)36/h1-10,17-20,37H,11-14,26H2,(H,27,32)(H,28,33)(H,29,34)(H,30,31)(H,35,36). The molecule has 12 heteroatoms. The predicted molar refractivity (Wildman–Crippen MR) is 138 cm³/mol. The minimum absolute atomic E-state index is 0.0340. The maximum Gasteiger partial charge on any atom is 0.327 e. The quantitative estimate of drug-likeness (QED) is 0.163. The summed E-state index contributed by atoms with van der Waals surface area (Å²) in [6.07, 6.45) is -0.557. The van der Waals surface area contributed by atoms with Gasteiger partial charge in [-0.05, 0) is 17.5 Å². The van der Waals surface area contributed by atoms with E-state index >= 15 is 0 Å². The van der Waals surface area contributed by atoms with Crippen molar-refractivity contribution in [3.63, 3.8) is 0 Å². The molecular weight excluding hydrogens is 500 g/mol. The Morgan fingerprint density at radius 2 is 1.16 bits per heavy atom. The van der Waals surface area contributed by atoms with Crippen molar-refractivity contribution in [2.45, 2.75) is 43.4 Å². The molecule has 37 heavy (non-hydrogen) atoms. The summed E-state index contributed by atoms with van der Waals surface area (Å²) in [7, 11) is 0. The zero-order chi connectivity index (χ0) is 27.4. The number of rotatable bonds is 14. The molecule has 0 bridgehead atoms. The number of carbonyl (C=O) groups excluding carboxylic acids is 3. The van der Waals surface area contributed by atoms with Crippen LogP contribution in [-0.4, -0.2) is 69.8 Å². The first-order valence-corrected chi connectivity index (χ1v) is 12.0. The Morgan fingerprint density at radius 3 is 1.65 bits per heavy atom. The molecule has 2 aromatic carbocycles. The molecule has 0 saturated heterocycles. The van der Waals surface area contributed by atoms with Crippen LogP contribution in [0.5, 0.6) is 0 Å². The van der Waals surface area contributed by atoms with Crippen LogP contribution in [0.4, 0.5) is 0 Å². The Hall–Kier alpha value is -3.90. The van der Waals surface area contributed by atoms with Crippen molar-refractivity contribution in [2.75, 3.05) is 5.75 Å². The second kappa shape index (κ2) is 14.6. The molecule has 198 valence electrons. The first-order chi connectivity index (χ1) is 17.6. The van der Waals surface area contributed by atoms with Gasteiger partial charge in [-0.3, -0.25) is 19.2 Å². The van der Waals surface area contributed by atoms with E-state index in [9.17, 15) is 29.1 Å². The fraction of sp³-hybridized carbons (Fsp3) is 0.320. The summed E-state index contributed by atoms with van der Waals surface area (Å²) >= 11 is 3.86. The van der Waals surface area contributed by atoms with Gasteiger partial charge in [0.05, 0.1) is 12.5 Å². The van der Waals surface area contributed by atoms with Gasteiger partial charge in [0, 0.05) is 12.2 Å². The molecule has 0 aromatic heterocycles. The fourth-order valence-electron chi connectivity index (χ4n) is 3.41. The molecule has 7 N–H and O–H groups in total. The van der Waals surface area contributed by atoms with Crippen LogP contribution in [0.15, 0.2) is 60.7 Å². The van der Waals surface area contributed by atoms with Crippen molar-refractivity contribution in [2.24, 2.45) is 5.73 Å². The highest BCUT2D eigenvalue weighted by molar-refractivity contribution is 7.80. The molecule has 0 heterocycles. The molecule has 4 unspecified atom stereocenters. The molecule has 2 rings (SSSR count). The molecule has 3 amide bonds. The van der Waals surface area contributed by atoms with Gasteiger partial charge < -0.3 is 31.9 Å². The van der Waals surface area contributed by atoms with Crippen LogP contribution >= 0.6 is 12.6 Å². The van der Waals surface area contributed by atoms with Gasteiger partial charge in [-0.15, -0.1) is 0 Å². The molecule has 0 fully saturated rings. The third kappa shape index (κ3) is 9.94. The number of amides is 3. The molecule has 11 nitrogen and oxygen atoms in total. The van der Waals surface area contributed by atoms with Crippen LogP contribution in [0, 0.1) is 0 Å². The lowest BCUT2D eigenvalue weighted by atomic mass is 10.0. The highest BCUT2D eigenvalue weighted by Crippen LogP contribution is 2.07. The molecule has 2 aromatic rings. The maximum atomic E-state index is 13.2. The van der Waals surface area contributed by atoms with Gasteiger partial charge in [-0.1, -0.05) is 60.7 Å². The van der Waals surface area contributed by atoms with Gasteiger partial charge in [-0.25, -0.2) is 4.79 Å². The van der Waals surface area contributed by atoms with E-state index in [1.165, 1.54) is 0 Å². The molecule has 0 aliphatic carbocycles. The van der Waals surface area contributed by atoms with Crippen molar-refractivity contribution >= 4 is 42.3 Å². The fourth-order valence-corrected chi connectivity index (χ4v) is 3.66. The Balaban J connectivity index is 2.20. The van der Waals surface area contributed by atoms with Crippen molar-refractivity contribution in [3.8, 4) is 0 Å².